The Morgan fingerprint density at radius 2 is 1.87 bits per heavy atom. The molecule has 0 aliphatic carbocycles. The highest BCUT2D eigenvalue weighted by Gasteiger charge is 2.29. The fourth-order valence-electron chi connectivity index (χ4n) is 2.91. The normalized spacial score (nSPS) is 17.4. The van der Waals surface area contributed by atoms with Crippen LogP contribution in [0.1, 0.15) is 17.2 Å². The van der Waals surface area contributed by atoms with Crippen molar-refractivity contribution >= 4 is 5.91 Å². The molecule has 4 heteroatoms. The average Bonchev–Trinajstić information content (AvgIpc) is 2.99. The molecule has 4 nitrogen and oxygen atoms in total. The lowest BCUT2D eigenvalue weighted by atomic mass is 10.1. The number of hydrogen-bond acceptors (Lipinski definition) is 3. The van der Waals surface area contributed by atoms with Crippen LogP contribution in [-0.2, 0) is 11.2 Å². The average molecular weight is 310 g/mol. The van der Waals surface area contributed by atoms with E-state index in [1.165, 1.54) is 5.56 Å². The van der Waals surface area contributed by atoms with E-state index in [4.69, 9.17) is 4.74 Å². The molecule has 0 saturated heterocycles. The zero-order chi connectivity index (χ0) is 16.2. The highest BCUT2D eigenvalue weighted by molar-refractivity contribution is 5.82. The second kappa shape index (κ2) is 6.84. The maximum atomic E-state index is 12.4. The summed E-state index contributed by atoms with van der Waals surface area (Å²) in [5.41, 5.74) is 2.29. The van der Waals surface area contributed by atoms with Crippen molar-refractivity contribution in [2.24, 2.45) is 0 Å². The number of amides is 1. The number of hydrogen-bond donors (Lipinski definition) is 1. The zero-order valence-electron chi connectivity index (χ0n) is 13.5. The Morgan fingerprint density at radius 1 is 1.17 bits per heavy atom. The predicted molar refractivity (Wildman–Crippen MR) is 90.4 cm³/mol. The SMILES string of the molecule is CN(C)C(CNC(=O)C1Cc2ccccc2O1)c1ccccc1. The van der Waals surface area contributed by atoms with Crippen LogP contribution in [0.25, 0.3) is 0 Å². The Labute approximate surface area is 137 Å². The van der Waals surface area contributed by atoms with Crippen LogP contribution in [-0.4, -0.2) is 37.6 Å². The summed E-state index contributed by atoms with van der Waals surface area (Å²) in [6.45, 7) is 0.562. The molecule has 2 aromatic carbocycles. The van der Waals surface area contributed by atoms with Gasteiger partial charge in [-0.25, -0.2) is 0 Å². The van der Waals surface area contributed by atoms with Crippen LogP contribution in [0.15, 0.2) is 54.6 Å². The third-order valence-electron chi connectivity index (χ3n) is 4.22. The molecule has 2 atom stereocenters. The fraction of sp³-hybridized carbons (Fsp3) is 0.316. The Hall–Kier alpha value is -2.33. The topological polar surface area (TPSA) is 41.6 Å². The van der Waals surface area contributed by atoms with Gasteiger partial charge < -0.3 is 15.0 Å². The quantitative estimate of drug-likeness (QED) is 0.922. The van der Waals surface area contributed by atoms with Crippen LogP contribution in [0, 0.1) is 0 Å². The minimum atomic E-state index is -0.425. The number of para-hydroxylation sites is 1. The smallest absolute Gasteiger partial charge is 0.261 e. The van der Waals surface area contributed by atoms with Crippen molar-refractivity contribution in [3.8, 4) is 5.75 Å². The molecule has 0 aromatic heterocycles. The van der Waals surface area contributed by atoms with Crippen molar-refractivity contribution in [2.45, 2.75) is 18.6 Å². The van der Waals surface area contributed by atoms with Crippen LogP contribution in [0.3, 0.4) is 0 Å². The van der Waals surface area contributed by atoms with Crippen molar-refractivity contribution in [3.63, 3.8) is 0 Å². The van der Waals surface area contributed by atoms with Crippen LogP contribution in [0.4, 0.5) is 0 Å². The molecule has 3 rings (SSSR count). The van der Waals surface area contributed by atoms with Gasteiger partial charge in [0.15, 0.2) is 6.10 Å². The lowest BCUT2D eigenvalue weighted by Gasteiger charge is -2.25. The van der Waals surface area contributed by atoms with Gasteiger partial charge in [0.05, 0.1) is 6.04 Å². The summed E-state index contributed by atoms with van der Waals surface area (Å²) in [7, 11) is 4.04. The molecular weight excluding hydrogens is 288 g/mol. The zero-order valence-corrected chi connectivity index (χ0v) is 13.5. The first-order valence-electron chi connectivity index (χ1n) is 7.89. The van der Waals surface area contributed by atoms with E-state index < -0.39 is 6.10 Å². The first-order chi connectivity index (χ1) is 11.1. The van der Waals surface area contributed by atoms with E-state index in [9.17, 15) is 4.79 Å². The fourth-order valence-corrected chi connectivity index (χ4v) is 2.91. The Kier molecular flexibility index (Phi) is 4.63. The maximum Gasteiger partial charge on any atom is 0.261 e. The van der Waals surface area contributed by atoms with E-state index in [1.807, 2.05) is 56.6 Å². The molecule has 0 spiro atoms. The van der Waals surface area contributed by atoms with Gasteiger partial charge in [-0.2, -0.15) is 0 Å². The summed E-state index contributed by atoms with van der Waals surface area (Å²) in [4.78, 5) is 14.5. The van der Waals surface area contributed by atoms with Crippen molar-refractivity contribution in [3.05, 3.63) is 65.7 Å². The Bertz CT molecular complexity index is 645. The van der Waals surface area contributed by atoms with E-state index in [0.717, 1.165) is 11.3 Å². The van der Waals surface area contributed by atoms with E-state index >= 15 is 0 Å². The van der Waals surface area contributed by atoms with Gasteiger partial charge in [-0.3, -0.25) is 4.79 Å². The number of likely N-dealkylation sites (N-methyl/N-ethyl adjacent to an activating group) is 1. The number of ether oxygens (including phenoxy) is 1. The molecule has 1 aliphatic rings. The third-order valence-corrected chi connectivity index (χ3v) is 4.22. The molecule has 0 fully saturated rings. The number of benzene rings is 2. The number of carbonyl (C=O) groups excluding carboxylic acids is 1. The highest BCUT2D eigenvalue weighted by atomic mass is 16.5. The predicted octanol–water partition coefficient (Wildman–Crippen LogP) is 2.41. The van der Waals surface area contributed by atoms with Crippen LogP contribution >= 0.6 is 0 Å². The lowest BCUT2D eigenvalue weighted by Crippen LogP contribution is -2.41. The molecule has 0 saturated carbocycles. The highest BCUT2D eigenvalue weighted by Crippen LogP contribution is 2.28. The number of carbonyl (C=O) groups is 1. The Morgan fingerprint density at radius 3 is 2.57 bits per heavy atom. The van der Waals surface area contributed by atoms with Gasteiger partial charge in [0.1, 0.15) is 5.75 Å². The molecule has 120 valence electrons. The van der Waals surface area contributed by atoms with E-state index in [2.05, 4.69) is 22.3 Å². The lowest BCUT2D eigenvalue weighted by molar-refractivity contribution is -0.127. The molecule has 0 bridgehead atoms. The summed E-state index contributed by atoms with van der Waals surface area (Å²) in [5.74, 6) is 0.767. The number of nitrogens with one attached hydrogen (secondary N) is 1. The molecule has 23 heavy (non-hydrogen) atoms. The second-order valence-corrected chi connectivity index (χ2v) is 6.05. The summed E-state index contributed by atoms with van der Waals surface area (Å²) < 4.78 is 5.74. The molecular formula is C19H22N2O2. The molecule has 2 aromatic rings. The molecule has 1 heterocycles. The van der Waals surface area contributed by atoms with E-state index in [-0.39, 0.29) is 11.9 Å². The standard InChI is InChI=1S/C19H22N2O2/c1-21(2)16(14-8-4-3-5-9-14)13-20-19(22)18-12-15-10-6-7-11-17(15)23-18/h3-11,16,18H,12-13H2,1-2H3,(H,20,22). The molecule has 2 unspecified atom stereocenters. The first kappa shape index (κ1) is 15.6. The van der Waals surface area contributed by atoms with Gasteiger partial charge in [-0.1, -0.05) is 48.5 Å². The largest absolute Gasteiger partial charge is 0.480 e. The summed E-state index contributed by atoms with van der Waals surface area (Å²) in [5, 5.41) is 3.03. The van der Waals surface area contributed by atoms with Gasteiger partial charge in [-0.05, 0) is 31.3 Å². The van der Waals surface area contributed by atoms with Crippen LogP contribution < -0.4 is 10.1 Å². The van der Waals surface area contributed by atoms with E-state index in [1.54, 1.807) is 0 Å². The van der Waals surface area contributed by atoms with Crippen molar-refractivity contribution < 1.29 is 9.53 Å². The van der Waals surface area contributed by atoms with Crippen molar-refractivity contribution in [1.29, 1.82) is 0 Å². The van der Waals surface area contributed by atoms with Gasteiger partial charge in [-0.15, -0.1) is 0 Å². The first-order valence-corrected chi connectivity index (χ1v) is 7.89. The number of nitrogens with zero attached hydrogens (tertiary/aromatic N) is 1. The van der Waals surface area contributed by atoms with Gasteiger partial charge >= 0.3 is 0 Å². The summed E-state index contributed by atoms with van der Waals surface area (Å²) >= 11 is 0. The summed E-state index contributed by atoms with van der Waals surface area (Å²) in [6.07, 6.45) is 0.214. The van der Waals surface area contributed by atoms with Crippen molar-refractivity contribution in [2.75, 3.05) is 20.6 Å². The van der Waals surface area contributed by atoms with Crippen LogP contribution in [0.2, 0.25) is 0 Å². The van der Waals surface area contributed by atoms with Gasteiger partial charge in [0.25, 0.3) is 5.91 Å². The van der Waals surface area contributed by atoms with Gasteiger partial charge in [0.2, 0.25) is 0 Å². The summed E-state index contributed by atoms with van der Waals surface area (Å²) in [6, 6.07) is 18.2. The molecule has 1 aliphatic heterocycles. The number of fused-ring (bicyclic) bond motifs is 1. The van der Waals surface area contributed by atoms with Crippen LogP contribution in [0.5, 0.6) is 5.75 Å². The van der Waals surface area contributed by atoms with Gasteiger partial charge in [0, 0.05) is 13.0 Å². The second-order valence-electron chi connectivity index (χ2n) is 6.05. The molecule has 1 N–H and O–H groups in total. The molecule has 0 radical (unpaired) electrons. The molecule has 1 amide bonds. The van der Waals surface area contributed by atoms with Crippen molar-refractivity contribution in [1.82, 2.24) is 10.2 Å². The number of rotatable bonds is 5. The maximum absolute atomic E-state index is 12.4. The van der Waals surface area contributed by atoms with E-state index in [0.29, 0.717) is 13.0 Å². The minimum absolute atomic E-state index is 0.0519. The monoisotopic (exact) mass is 310 g/mol. The Balaban J connectivity index is 1.60. The minimum Gasteiger partial charge on any atom is -0.480 e. The third kappa shape index (κ3) is 3.54.